The Labute approximate surface area is 183 Å². The van der Waals surface area contributed by atoms with Gasteiger partial charge in [-0.25, -0.2) is 0 Å². The number of hydrogen-bond acceptors (Lipinski definition) is 7. The lowest BCUT2D eigenvalue weighted by atomic mass is 10.0. The number of nitrogens with zero attached hydrogens (tertiary/aromatic N) is 2. The molecule has 4 aromatic carbocycles. The summed E-state index contributed by atoms with van der Waals surface area (Å²) in [4.78, 5) is -1.09. The second kappa shape index (κ2) is 7.64. The first-order chi connectivity index (χ1) is 15.0. The Morgan fingerprint density at radius 3 is 2.09 bits per heavy atom. The zero-order valence-electron chi connectivity index (χ0n) is 16.6. The lowest BCUT2D eigenvalue weighted by Gasteiger charge is -2.09. The number of rotatable bonds is 4. The Morgan fingerprint density at radius 2 is 1.41 bits per heavy atom. The van der Waals surface area contributed by atoms with Gasteiger partial charge in [-0.2, -0.15) is 21.9 Å². The summed E-state index contributed by atoms with van der Waals surface area (Å²) < 4.78 is 66.7. The topological polar surface area (TPSA) is 159 Å². The zero-order valence-corrected chi connectivity index (χ0v) is 18.2. The van der Waals surface area contributed by atoms with Crippen LogP contribution in [0.3, 0.4) is 0 Å². The van der Waals surface area contributed by atoms with E-state index in [-0.39, 0.29) is 16.5 Å². The average Bonchev–Trinajstić information content (AvgIpc) is 2.71. The van der Waals surface area contributed by atoms with E-state index in [2.05, 4.69) is 10.2 Å². The van der Waals surface area contributed by atoms with E-state index >= 15 is 0 Å². The molecule has 0 aliphatic heterocycles. The van der Waals surface area contributed by atoms with Crippen molar-refractivity contribution in [2.24, 2.45) is 10.2 Å². The molecule has 0 aliphatic carbocycles. The van der Waals surface area contributed by atoms with E-state index in [1.165, 1.54) is 18.2 Å². The molecule has 0 amide bonds. The van der Waals surface area contributed by atoms with Crippen LogP contribution in [0.25, 0.3) is 21.5 Å². The Kier molecular flexibility index (Phi) is 5.21. The van der Waals surface area contributed by atoms with Crippen molar-refractivity contribution in [1.82, 2.24) is 0 Å². The Bertz CT molecular complexity index is 1640. The first-order valence-corrected chi connectivity index (χ1v) is 12.1. The highest BCUT2D eigenvalue weighted by atomic mass is 32.2. The third kappa shape index (κ3) is 3.94. The standard InChI is InChI=1S/C21H17N3O6S2/c1-12-4-2-6-15-18(9-8-17(22)21(12)15)24-23-13-10-16-14(20(11-13)32(28,29)30)5-3-7-19(16)31(25,26)27/h2-11H,22H2,1H3,(H,25,26,27)(H,28,29,30). The molecule has 4 N–H and O–H groups in total. The lowest BCUT2D eigenvalue weighted by molar-refractivity contribution is 0.481. The number of hydrogen-bond donors (Lipinski definition) is 3. The van der Waals surface area contributed by atoms with Crippen LogP contribution in [0.4, 0.5) is 17.1 Å². The van der Waals surface area contributed by atoms with Gasteiger partial charge in [-0.3, -0.25) is 9.11 Å². The molecule has 0 saturated carbocycles. The summed E-state index contributed by atoms with van der Waals surface area (Å²) >= 11 is 0. The Balaban J connectivity index is 1.97. The third-order valence-electron chi connectivity index (χ3n) is 4.99. The summed E-state index contributed by atoms with van der Waals surface area (Å²) in [6.45, 7) is 1.90. The van der Waals surface area contributed by atoms with Crippen molar-refractivity contribution in [3.8, 4) is 0 Å². The average molecular weight is 472 g/mol. The Morgan fingerprint density at radius 1 is 0.750 bits per heavy atom. The van der Waals surface area contributed by atoms with E-state index in [1.807, 2.05) is 25.1 Å². The van der Waals surface area contributed by atoms with Gasteiger partial charge in [0.2, 0.25) is 0 Å². The molecule has 9 nitrogen and oxygen atoms in total. The second-order valence-electron chi connectivity index (χ2n) is 7.12. The first-order valence-electron chi connectivity index (χ1n) is 9.18. The maximum atomic E-state index is 11.9. The van der Waals surface area contributed by atoms with E-state index in [0.717, 1.165) is 28.5 Å². The van der Waals surface area contributed by atoms with Crippen LogP contribution in [0, 0.1) is 6.92 Å². The monoisotopic (exact) mass is 471 g/mol. The van der Waals surface area contributed by atoms with Gasteiger partial charge in [0.15, 0.2) is 0 Å². The normalized spacial score (nSPS) is 12.7. The number of aryl methyl sites for hydroxylation is 1. The van der Waals surface area contributed by atoms with Gasteiger partial charge < -0.3 is 5.73 Å². The molecule has 32 heavy (non-hydrogen) atoms. The van der Waals surface area contributed by atoms with Crippen molar-refractivity contribution in [1.29, 1.82) is 0 Å². The van der Waals surface area contributed by atoms with Gasteiger partial charge in [0.1, 0.15) is 9.79 Å². The molecular weight excluding hydrogens is 454 g/mol. The van der Waals surface area contributed by atoms with Gasteiger partial charge in [-0.05, 0) is 42.8 Å². The number of fused-ring (bicyclic) bond motifs is 2. The van der Waals surface area contributed by atoms with Crippen LogP contribution in [0.2, 0.25) is 0 Å². The molecule has 0 bridgehead atoms. The largest absolute Gasteiger partial charge is 0.398 e. The van der Waals surface area contributed by atoms with Gasteiger partial charge in [-0.15, -0.1) is 5.11 Å². The summed E-state index contributed by atoms with van der Waals surface area (Å²) in [6.07, 6.45) is 0. The fraction of sp³-hybridized carbons (Fsp3) is 0.0476. The summed E-state index contributed by atoms with van der Waals surface area (Å²) in [5, 5.41) is 9.57. The molecule has 0 spiro atoms. The van der Waals surface area contributed by atoms with Crippen molar-refractivity contribution in [2.45, 2.75) is 16.7 Å². The number of azo groups is 1. The summed E-state index contributed by atoms with van der Waals surface area (Å²) in [6, 6.07) is 14.9. The second-order valence-corrected chi connectivity index (χ2v) is 9.90. The summed E-state index contributed by atoms with van der Waals surface area (Å²) in [7, 11) is -9.41. The molecule has 4 aromatic rings. The van der Waals surface area contributed by atoms with E-state index in [0.29, 0.717) is 11.4 Å². The number of nitrogens with two attached hydrogens (primary N) is 1. The fourth-order valence-electron chi connectivity index (χ4n) is 3.61. The minimum Gasteiger partial charge on any atom is -0.398 e. The van der Waals surface area contributed by atoms with Crippen LogP contribution >= 0.6 is 0 Å². The molecule has 0 heterocycles. The van der Waals surface area contributed by atoms with Gasteiger partial charge in [0.05, 0.1) is 11.4 Å². The minimum atomic E-state index is -4.74. The van der Waals surface area contributed by atoms with Crippen molar-refractivity contribution < 1.29 is 25.9 Å². The van der Waals surface area contributed by atoms with Crippen LogP contribution < -0.4 is 5.73 Å². The van der Waals surface area contributed by atoms with Crippen molar-refractivity contribution in [3.05, 3.63) is 66.2 Å². The highest BCUT2D eigenvalue weighted by Crippen LogP contribution is 2.36. The summed E-state index contributed by atoms with van der Waals surface area (Å²) in [5.41, 5.74) is 7.99. The highest BCUT2D eigenvalue weighted by molar-refractivity contribution is 7.86. The van der Waals surface area contributed by atoms with E-state index in [1.54, 1.807) is 12.1 Å². The van der Waals surface area contributed by atoms with E-state index < -0.39 is 30.0 Å². The SMILES string of the molecule is Cc1cccc2c(N=Nc3cc(S(=O)(=O)O)c4cccc(S(=O)(=O)O)c4c3)ccc(N)c12. The zero-order chi connectivity index (χ0) is 23.3. The molecular formula is C21H17N3O6S2. The molecule has 164 valence electrons. The van der Waals surface area contributed by atoms with Crippen LogP contribution in [-0.4, -0.2) is 25.9 Å². The lowest BCUT2D eigenvalue weighted by Crippen LogP contribution is -2.03. The number of benzene rings is 4. The fourth-order valence-corrected chi connectivity index (χ4v) is 5.03. The molecule has 0 radical (unpaired) electrons. The minimum absolute atomic E-state index is 0.0427. The van der Waals surface area contributed by atoms with E-state index in [4.69, 9.17) is 5.73 Å². The molecule has 0 unspecified atom stereocenters. The van der Waals surface area contributed by atoms with Crippen LogP contribution in [0.5, 0.6) is 0 Å². The van der Waals surface area contributed by atoms with Gasteiger partial charge in [-0.1, -0.05) is 30.3 Å². The molecule has 0 aromatic heterocycles. The van der Waals surface area contributed by atoms with E-state index in [9.17, 15) is 25.9 Å². The van der Waals surface area contributed by atoms with Crippen LogP contribution in [0.1, 0.15) is 5.56 Å². The van der Waals surface area contributed by atoms with Gasteiger partial charge in [0, 0.05) is 27.2 Å². The quantitative estimate of drug-likeness (QED) is 0.219. The van der Waals surface area contributed by atoms with Crippen molar-refractivity contribution in [2.75, 3.05) is 5.73 Å². The maximum absolute atomic E-state index is 11.9. The molecule has 0 saturated heterocycles. The van der Waals surface area contributed by atoms with Gasteiger partial charge in [0.25, 0.3) is 20.2 Å². The molecule has 4 rings (SSSR count). The predicted octanol–water partition coefficient (Wildman–Crippen LogP) is 4.79. The number of nitrogen functional groups attached to an aromatic ring is 1. The van der Waals surface area contributed by atoms with Crippen LogP contribution in [-0.2, 0) is 20.2 Å². The molecule has 11 heteroatoms. The molecule has 0 aliphatic rings. The summed E-state index contributed by atoms with van der Waals surface area (Å²) in [5.74, 6) is 0. The predicted molar refractivity (Wildman–Crippen MR) is 121 cm³/mol. The number of anilines is 1. The third-order valence-corrected chi connectivity index (χ3v) is 6.80. The maximum Gasteiger partial charge on any atom is 0.295 e. The first kappa shape index (κ1) is 21.8. The van der Waals surface area contributed by atoms with Crippen molar-refractivity contribution >= 4 is 58.8 Å². The molecule has 0 fully saturated rings. The highest BCUT2D eigenvalue weighted by Gasteiger charge is 2.21. The van der Waals surface area contributed by atoms with Crippen LogP contribution in [0.15, 0.2) is 80.7 Å². The van der Waals surface area contributed by atoms with Crippen molar-refractivity contribution in [3.63, 3.8) is 0 Å². The molecule has 0 atom stereocenters. The Hall–Kier alpha value is -3.38. The smallest absolute Gasteiger partial charge is 0.295 e. The van der Waals surface area contributed by atoms with Gasteiger partial charge >= 0.3 is 0 Å².